The van der Waals surface area contributed by atoms with Gasteiger partial charge in [0.1, 0.15) is 0 Å². The molecule has 2 aromatic rings. The van der Waals surface area contributed by atoms with E-state index in [4.69, 9.17) is 0 Å². The molecule has 0 radical (unpaired) electrons. The maximum Gasteiger partial charge on any atom is 0.254 e. The van der Waals surface area contributed by atoms with Crippen LogP contribution >= 0.6 is 0 Å². The lowest BCUT2D eigenvalue weighted by atomic mass is 9.94. The van der Waals surface area contributed by atoms with E-state index in [1.165, 1.54) is 0 Å². The van der Waals surface area contributed by atoms with Gasteiger partial charge in [0.15, 0.2) is 0 Å². The molecule has 1 atom stereocenters. The summed E-state index contributed by atoms with van der Waals surface area (Å²) >= 11 is 0. The summed E-state index contributed by atoms with van der Waals surface area (Å²) in [6, 6.07) is 14.1. The minimum atomic E-state index is -0.00426. The minimum absolute atomic E-state index is 0.00426. The van der Waals surface area contributed by atoms with Crippen LogP contribution in [0.5, 0.6) is 0 Å². The van der Waals surface area contributed by atoms with E-state index in [0.29, 0.717) is 19.6 Å². The minimum Gasteiger partial charge on any atom is -0.354 e. The molecule has 0 bridgehead atoms. The third kappa shape index (κ3) is 4.66. The van der Waals surface area contributed by atoms with Gasteiger partial charge in [0.2, 0.25) is 5.91 Å². The van der Waals surface area contributed by atoms with Crippen molar-refractivity contribution < 1.29 is 9.59 Å². The predicted molar refractivity (Wildman–Crippen MR) is 109 cm³/mol. The van der Waals surface area contributed by atoms with Gasteiger partial charge < -0.3 is 15.5 Å². The molecule has 0 aliphatic carbocycles. The van der Waals surface area contributed by atoms with Crippen molar-refractivity contribution in [3.8, 4) is 0 Å². The average molecular weight is 367 g/mol. The molecule has 27 heavy (non-hydrogen) atoms. The lowest BCUT2D eigenvalue weighted by Gasteiger charge is -2.32. The molecule has 0 spiro atoms. The SMILES string of the molecule is CCN[C@H](C)CNC(=O)C1CCN(C(=O)c2cccc3ccccc23)CC1. The standard InChI is InChI=1S/C22H29N3O2/c1-3-23-16(2)15-24-21(26)18-11-13-25(14-12-18)22(27)20-10-6-8-17-7-4-5-9-19(17)20/h4-10,16,18,23H,3,11-15H2,1-2H3,(H,24,26)/t16-/m1/s1. The fraction of sp³-hybridized carbons (Fsp3) is 0.455. The second-order valence-electron chi connectivity index (χ2n) is 7.30. The molecule has 2 N–H and O–H groups in total. The average Bonchev–Trinajstić information content (AvgIpc) is 2.71. The van der Waals surface area contributed by atoms with Crippen molar-refractivity contribution in [3.63, 3.8) is 0 Å². The Bertz CT molecular complexity index is 792. The molecule has 0 unspecified atom stereocenters. The Balaban J connectivity index is 1.57. The zero-order valence-corrected chi connectivity index (χ0v) is 16.2. The van der Waals surface area contributed by atoms with Gasteiger partial charge in [-0.2, -0.15) is 0 Å². The van der Waals surface area contributed by atoms with E-state index < -0.39 is 0 Å². The Hall–Kier alpha value is -2.40. The van der Waals surface area contributed by atoms with Gasteiger partial charge in [-0.3, -0.25) is 9.59 Å². The number of piperidine rings is 1. The third-order valence-corrected chi connectivity index (χ3v) is 5.31. The summed E-state index contributed by atoms with van der Waals surface area (Å²) in [5.74, 6) is 0.166. The van der Waals surface area contributed by atoms with Crippen molar-refractivity contribution in [3.05, 3.63) is 48.0 Å². The largest absolute Gasteiger partial charge is 0.354 e. The quantitative estimate of drug-likeness (QED) is 0.825. The fourth-order valence-electron chi connectivity index (χ4n) is 3.75. The summed E-state index contributed by atoms with van der Waals surface area (Å²) < 4.78 is 0. The van der Waals surface area contributed by atoms with Crippen LogP contribution in [0.15, 0.2) is 42.5 Å². The summed E-state index contributed by atoms with van der Waals surface area (Å²) in [5.41, 5.74) is 0.746. The Morgan fingerprint density at radius 2 is 1.81 bits per heavy atom. The first kappa shape index (κ1) is 19.4. The molecule has 0 aromatic heterocycles. The van der Waals surface area contributed by atoms with Crippen LogP contribution in [0.2, 0.25) is 0 Å². The highest BCUT2D eigenvalue weighted by Gasteiger charge is 2.28. The van der Waals surface area contributed by atoms with E-state index in [9.17, 15) is 9.59 Å². The van der Waals surface area contributed by atoms with E-state index in [1.54, 1.807) is 0 Å². The predicted octanol–water partition coefficient (Wildman–Crippen LogP) is 2.81. The molecule has 144 valence electrons. The maximum absolute atomic E-state index is 13.0. The third-order valence-electron chi connectivity index (χ3n) is 5.31. The van der Waals surface area contributed by atoms with Gasteiger partial charge in [0.25, 0.3) is 5.91 Å². The Labute approximate surface area is 161 Å². The molecule has 1 saturated heterocycles. The summed E-state index contributed by atoms with van der Waals surface area (Å²) in [5, 5.41) is 8.39. The second-order valence-corrected chi connectivity index (χ2v) is 7.30. The molecule has 5 heteroatoms. The summed E-state index contributed by atoms with van der Waals surface area (Å²) in [4.78, 5) is 27.3. The smallest absolute Gasteiger partial charge is 0.254 e. The molecule has 5 nitrogen and oxygen atoms in total. The number of likely N-dealkylation sites (N-methyl/N-ethyl adjacent to an activating group) is 1. The number of nitrogens with one attached hydrogen (secondary N) is 2. The number of carbonyl (C=O) groups excluding carboxylic acids is 2. The van der Waals surface area contributed by atoms with Crippen LogP contribution in [0, 0.1) is 5.92 Å². The van der Waals surface area contributed by atoms with Crippen LogP contribution in [0.4, 0.5) is 0 Å². The van der Waals surface area contributed by atoms with Gasteiger partial charge in [-0.1, -0.05) is 43.3 Å². The van der Waals surface area contributed by atoms with E-state index in [1.807, 2.05) is 47.4 Å². The highest BCUT2D eigenvalue weighted by atomic mass is 16.2. The first-order valence-electron chi connectivity index (χ1n) is 9.88. The number of hydrogen-bond acceptors (Lipinski definition) is 3. The van der Waals surface area contributed by atoms with Crippen molar-refractivity contribution in [1.29, 1.82) is 0 Å². The van der Waals surface area contributed by atoms with Gasteiger partial charge in [0.05, 0.1) is 0 Å². The Morgan fingerprint density at radius 1 is 1.11 bits per heavy atom. The van der Waals surface area contributed by atoms with Gasteiger partial charge in [-0.05, 0) is 43.1 Å². The highest BCUT2D eigenvalue weighted by Crippen LogP contribution is 2.23. The molecule has 1 aliphatic heterocycles. The molecular weight excluding hydrogens is 338 g/mol. The molecule has 1 fully saturated rings. The first-order valence-corrected chi connectivity index (χ1v) is 9.88. The fourth-order valence-corrected chi connectivity index (χ4v) is 3.75. The van der Waals surface area contributed by atoms with E-state index in [-0.39, 0.29) is 23.8 Å². The van der Waals surface area contributed by atoms with Crippen molar-refractivity contribution in [2.24, 2.45) is 5.92 Å². The second kappa shape index (κ2) is 9.00. The lowest BCUT2D eigenvalue weighted by molar-refractivity contribution is -0.126. The highest BCUT2D eigenvalue weighted by molar-refractivity contribution is 6.07. The summed E-state index contributed by atoms with van der Waals surface area (Å²) in [7, 11) is 0. The first-order chi connectivity index (χ1) is 13.1. The molecule has 2 amide bonds. The topological polar surface area (TPSA) is 61.4 Å². The lowest BCUT2D eigenvalue weighted by Crippen LogP contribution is -2.45. The molecule has 1 heterocycles. The molecule has 0 saturated carbocycles. The van der Waals surface area contributed by atoms with Gasteiger partial charge in [-0.25, -0.2) is 0 Å². The Kier molecular flexibility index (Phi) is 6.45. The number of rotatable bonds is 6. The number of benzene rings is 2. The van der Waals surface area contributed by atoms with Gasteiger partial charge >= 0.3 is 0 Å². The van der Waals surface area contributed by atoms with Crippen LogP contribution in [0.25, 0.3) is 10.8 Å². The number of fused-ring (bicyclic) bond motifs is 1. The van der Waals surface area contributed by atoms with E-state index in [2.05, 4.69) is 24.5 Å². The monoisotopic (exact) mass is 367 g/mol. The van der Waals surface area contributed by atoms with Crippen molar-refractivity contribution in [2.75, 3.05) is 26.2 Å². The van der Waals surface area contributed by atoms with Crippen molar-refractivity contribution in [2.45, 2.75) is 32.7 Å². The number of hydrogen-bond donors (Lipinski definition) is 2. The maximum atomic E-state index is 13.0. The van der Waals surface area contributed by atoms with Crippen LogP contribution < -0.4 is 10.6 Å². The normalized spacial score (nSPS) is 16.3. The van der Waals surface area contributed by atoms with Crippen LogP contribution in [0.3, 0.4) is 0 Å². The van der Waals surface area contributed by atoms with Gasteiger partial charge in [0, 0.05) is 37.2 Å². The Morgan fingerprint density at radius 3 is 2.56 bits per heavy atom. The zero-order chi connectivity index (χ0) is 19.2. The zero-order valence-electron chi connectivity index (χ0n) is 16.2. The van der Waals surface area contributed by atoms with Gasteiger partial charge in [-0.15, -0.1) is 0 Å². The number of carbonyl (C=O) groups is 2. The van der Waals surface area contributed by atoms with Crippen LogP contribution in [-0.2, 0) is 4.79 Å². The summed E-state index contributed by atoms with van der Waals surface area (Å²) in [6.07, 6.45) is 1.44. The van der Waals surface area contributed by atoms with E-state index in [0.717, 1.165) is 35.7 Å². The number of likely N-dealkylation sites (tertiary alicyclic amines) is 1. The number of nitrogens with zero attached hydrogens (tertiary/aromatic N) is 1. The van der Waals surface area contributed by atoms with Crippen LogP contribution in [0.1, 0.15) is 37.0 Å². The van der Waals surface area contributed by atoms with E-state index >= 15 is 0 Å². The molecule has 3 rings (SSSR count). The van der Waals surface area contributed by atoms with Crippen molar-refractivity contribution >= 4 is 22.6 Å². The molecular formula is C22H29N3O2. The van der Waals surface area contributed by atoms with Crippen molar-refractivity contribution in [1.82, 2.24) is 15.5 Å². The molecule has 1 aliphatic rings. The number of amides is 2. The van der Waals surface area contributed by atoms with Crippen LogP contribution in [-0.4, -0.2) is 48.9 Å². The molecule has 2 aromatic carbocycles. The summed E-state index contributed by atoms with van der Waals surface area (Å²) in [6.45, 7) is 6.91.